The Morgan fingerprint density at radius 2 is 2.00 bits per heavy atom. The van der Waals surface area contributed by atoms with Gasteiger partial charge in [-0.3, -0.25) is 4.99 Å². The van der Waals surface area contributed by atoms with E-state index in [0.29, 0.717) is 11.2 Å². The molecule has 0 amide bonds. The normalized spacial score (nSPS) is 43.9. The third-order valence-corrected chi connectivity index (χ3v) is 4.82. The predicted molar refractivity (Wildman–Crippen MR) is 57.2 cm³/mol. The highest BCUT2D eigenvalue weighted by Gasteiger charge is 2.52. The highest BCUT2D eigenvalue weighted by atomic mass is 32.2. The van der Waals surface area contributed by atoms with E-state index < -0.39 is 0 Å². The quantitative estimate of drug-likeness (QED) is 0.646. The maximum atomic E-state index is 9.65. The van der Waals surface area contributed by atoms with Crippen molar-refractivity contribution in [2.75, 3.05) is 0 Å². The average molecular weight is 199 g/mol. The number of nitrogens with zero attached hydrogens (tertiary/aromatic N) is 1. The number of aliphatic hydroxyl groups excluding tert-OH is 1. The van der Waals surface area contributed by atoms with Gasteiger partial charge >= 0.3 is 0 Å². The maximum absolute atomic E-state index is 9.65. The maximum Gasteiger partial charge on any atom is 0.0892 e. The van der Waals surface area contributed by atoms with Gasteiger partial charge in [0.1, 0.15) is 0 Å². The summed E-state index contributed by atoms with van der Waals surface area (Å²) < 4.78 is 0. The van der Waals surface area contributed by atoms with Crippen molar-refractivity contribution in [1.82, 2.24) is 0 Å². The number of hydrogen-bond acceptors (Lipinski definition) is 3. The fraction of sp³-hybridized carbons (Fsp3) is 0.900. The molecule has 1 saturated carbocycles. The van der Waals surface area contributed by atoms with Crippen LogP contribution in [0.25, 0.3) is 0 Å². The summed E-state index contributed by atoms with van der Waals surface area (Å²) in [5, 5.41) is 11.3. The Labute approximate surface area is 83.8 Å². The van der Waals surface area contributed by atoms with Crippen molar-refractivity contribution < 1.29 is 5.11 Å². The molecule has 2 aliphatic heterocycles. The molecule has 3 aliphatic rings. The van der Waals surface area contributed by atoms with E-state index in [4.69, 9.17) is 0 Å². The third-order valence-electron chi connectivity index (χ3n) is 2.90. The van der Waals surface area contributed by atoms with Crippen LogP contribution in [0.2, 0.25) is 0 Å². The van der Waals surface area contributed by atoms with Crippen molar-refractivity contribution in [2.45, 2.75) is 45.1 Å². The van der Waals surface area contributed by atoms with Crippen LogP contribution in [-0.2, 0) is 0 Å². The fourth-order valence-corrected chi connectivity index (χ4v) is 3.37. The second-order valence-electron chi connectivity index (χ2n) is 5.11. The number of aliphatic imine (C=N–C) groups is 1. The second-order valence-corrected chi connectivity index (χ2v) is 6.27. The Hall–Kier alpha value is -0.0200. The van der Waals surface area contributed by atoms with Crippen molar-refractivity contribution in [3.05, 3.63) is 0 Å². The first-order chi connectivity index (χ1) is 5.91. The minimum atomic E-state index is -0.189. The Morgan fingerprint density at radius 3 is 2.31 bits per heavy atom. The van der Waals surface area contributed by atoms with Gasteiger partial charge in [-0.25, -0.2) is 0 Å². The first-order valence-corrected chi connectivity index (χ1v) is 5.72. The van der Waals surface area contributed by atoms with Crippen LogP contribution in [-0.4, -0.2) is 27.5 Å². The van der Waals surface area contributed by atoms with Gasteiger partial charge in [0.05, 0.1) is 17.2 Å². The predicted octanol–water partition coefficient (Wildman–Crippen LogP) is 1.93. The van der Waals surface area contributed by atoms with Crippen molar-refractivity contribution in [3.63, 3.8) is 0 Å². The molecule has 2 nitrogen and oxygen atoms in total. The highest BCUT2D eigenvalue weighted by molar-refractivity contribution is 8.14. The molecule has 74 valence electrons. The highest BCUT2D eigenvalue weighted by Crippen LogP contribution is 2.48. The molecule has 2 bridgehead atoms. The topological polar surface area (TPSA) is 32.6 Å². The van der Waals surface area contributed by atoms with Crippen LogP contribution in [0, 0.1) is 11.3 Å². The van der Waals surface area contributed by atoms with Gasteiger partial charge in [-0.05, 0) is 5.92 Å². The molecule has 3 heteroatoms. The number of rotatable bonds is 0. The molecule has 13 heavy (non-hydrogen) atoms. The molecule has 0 aromatic heterocycles. The van der Waals surface area contributed by atoms with E-state index in [1.807, 2.05) is 0 Å². The molecule has 0 aromatic carbocycles. The summed E-state index contributed by atoms with van der Waals surface area (Å²) in [5.41, 5.74) is 0.154. The summed E-state index contributed by atoms with van der Waals surface area (Å²) >= 11 is 1.78. The van der Waals surface area contributed by atoms with Gasteiger partial charge in [0, 0.05) is 10.7 Å². The molecule has 0 spiro atoms. The second kappa shape index (κ2) is 2.74. The van der Waals surface area contributed by atoms with Crippen molar-refractivity contribution >= 4 is 16.8 Å². The standard InChI is InChI=1S/C10H17NOS/c1-5-6-7(12)8(5)13-9(11-6)10(2,3)4/h5-8,12H,1-4H3. The van der Waals surface area contributed by atoms with E-state index in [1.54, 1.807) is 11.8 Å². The van der Waals surface area contributed by atoms with E-state index in [-0.39, 0.29) is 17.6 Å². The zero-order valence-electron chi connectivity index (χ0n) is 8.61. The van der Waals surface area contributed by atoms with Gasteiger partial charge in [-0.2, -0.15) is 0 Å². The van der Waals surface area contributed by atoms with Gasteiger partial charge in [-0.15, -0.1) is 11.8 Å². The molecule has 1 aliphatic carbocycles. The Balaban J connectivity index is 2.21. The molecule has 3 rings (SSSR count). The smallest absolute Gasteiger partial charge is 0.0892 e. The van der Waals surface area contributed by atoms with Crippen LogP contribution >= 0.6 is 11.8 Å². The summed E-state index contributed by atoms with van der Waals surface area (Å²) in [6, 6.07) is 0.181. The first kappa shape index (κ1) is 9.53. The Kier molecular flexibility index (Phi) is 2.01. The monoisotopic (exact) mass is 199 g/mol. The molecule has 1 fully saturated rings. The van der Waals surface area contributed by atoms with Gasteiger partial charge in [0.2, 0.25) is 0 Å². The van der Waals surface area contributed by atoms with Crippen LogP contribution in [0.4, 0.5) is 0 Å². The fourth-order valence-electron chi connectivity index (χ4n) is 1.90. The molecule has 1 N–H and O–H groups in total. The molecule has 0 aromatic rings. The van der Waals surface area contributed by atoms with Crippen LogP contribution < -0.4 is 0 Å². The minimum absolute atomic E-state index is 0.154. The zero-order chi connectivity index (χ0) is 9.80. The zero-order valence-corrected chi connectivity index (χ0v) is 9.43. The molecule has 4 unspecified atom stereocenters. The lowest BCUT2D eigenvalue weighted by molar-refractivity contribution is 0.0322. The lowest BCUT2D eigenvalue weighted by atomic mass is 9.77. The Bertz CT molecular complexity index is 246. The Morgan fingerprint density at radius 1 is 1.38 bits per heavy atom. The van der Waals surface area contributed by atoms with E-state index in [1.165, 1.54) is 5.04 Å². The molecular formula is C10H17NOS. The lowest BCUT2D eigenvalue weighted by Crippen LogP contribution is -2.59. The largest absolute Gasteiger partial charge is 0.390 e. The SMILES string of the molecule is CC1C2N=C(C(C)(C)C)SC1C2O. The van der Waals surface area contributed by atoms with Crippen molar-refractivity contribution in [2.24, 2.45) is 16.3 Å². The van der Waals surface area contributed by atoms with E-state index in [9.17, 15) is 5.11 Å². The minimum Gasteiger partial charge on any atom is -0.390 e. The molecular weight excluding hydrogens is 182 g/mol. The molecule has 2 heterocycles. The average Bonchev–Trinajstić information content (AvgIpc) is 2.04. The van der Waals surface area contributed by atoms with Crippen molar-refractivity contribution in [3.8, 4) is 0 Å². The summed E-state index contributed by atoms with van der Waals surface area (Å²) in [4.78, 5) is 4.61. The van der Waals surface area contributed by atoms with E-state index in [0.717, 1.165) is 0 Å². The molecule has 0 radical (unpaired) electrons. The third kappa shape index (κ3) is 1.33. The molecule has 0 saturated heterocycles. The van der Waals surface area contributed by atoms with Gasteiger partial charge in [0.15, 0.2) is 0 Å². The van der Waals surface area contributed by atoms with E-state index >= 15 is 0 Å². The van der Waals surface area contributed by atoms with Crippen LogP contribution in [0.15, 0.2) is 4.99 Å². The van der Waals surface area contributed by atoms with Gasteiger partial charge in [-0.1, -0.05) is 27.7 Å². The van der Waals surface area contributed by atoms with Crippen LogP contribution in [0.1, 0.15) is 27.7 Å². The van der Waals surface area contributed by atoms with Gasteiger partial charge in [0.25, 0.3) is 0 Å². The lowest BCUT2D eigenvalue weighted by Gasteiger charge is -2.50. The van der Waals surface area contributed by atoms with E-state index in [2.05, 4.69) is 32.7 Å². The number of thioether (sulfide) groups is 1. The summed E-state index contributed by atoms with van der Waals surface area (Å²) in [6.07, 6.45) is -0.189. The first-order valence-electron chi connectivity index (χ1n) is 4.84. The van der Waals surface area contributed by atoms with Gasteiger partial charge < -0.3 is 5.11 Å². The number of aliphatic hydroxyl groups is 1. The summed E-state index contributed by atoms with van der Waals surface area (Å²) in [6.45, 7) is 8.72. The van der Waals surface area contributed by atoms with Crippen LogP contribution in [0.5, 0.6) is 0 Å². The summed E-state index contributed by atoms with van der Waals surface area (Å²) in [7, 11) is 0. The number of hydrogen-bond donors (Lipinski definition) is 1. The molecule has 4 atom stereocenters. The van der Waals surface area contributed by atoms with Crippen LogP contribution in [0.3, 0.4) is 0 Å². The summed E-state index contributed by atoms with van der Waals surface area (Å²) in [5.74, 6) is 0.561. The number of fused-ring (bicyclic) bond motifs is 1. The van der Waals surface area contributed by atoms with Crippen molar-refractivity contribution in [1.29, 1.82) is 0 Å².